The number of phenolic OH excluding ortho intramolecular Hbond substituents is 1. The monoisotopic (exact) mass is 230 g/mol. The largest absolute Gasteiger partial charge is 0.508 e. The van der Waals surface area contributed by atoms with E-state index in [0.717, 1.165) is 0 Å². The summed E-state index contributed by atoms with van der Waals surface area (Å²) >= 11 is 3.12. The minimum atomic E-state index is -1.05. The summed E-state index contributed by atoms with van der Waals surface area (Å²) < 4.78 is 0.507. The molecule has 12 heavy (non-hydrogen) atoms. The number of aromatic carboxylic acids is 1. The van der Waals surface area contributed by atoms with E-state index >= 15 is 0 Å². The zero-order valence-electron chi connectivity index (χ0n) is 6.34. The Morgan fingerprint density at radius 1 is 1.50 bits per heavy atom. The van der Waals surface area contributed by atoms with E-state index in [1.165, 1.54) is 12.1 Å². The summed E-state index contributed by atoms with van der Waals surface area (Å²) in [7, 11) is 0. The summed E-state index contributed by atoms with van der Waals surface area (Å²) in [6.45, 7) is 1.72. The summed E-state index contributed by atoms with van der Waals surface area (Å²) in [5.41, 5.74) is 0.778. The highest BCUT2D eigenvalue weighted by Gasteiger charge is 2.11. The van der Waals surface area contributed by atoms with Crippen molar-refractivity contribution in [2.24, 2.45) is 0 Å². The first-order valence-corrected chi connectivity index (χ1v) is 4.04. The third-order valence-corrected chi connectivity index (χ3v) is 2.52. The maximum absolute atomic E-state index is 10.6. The highest BCUT2D eigenvalue weighted by Crippen LogP contribution is 2.26. The molecule has 0 unspecified atom stereocenters. The first kappa shape index (κ1) is 9.06. The molecule has 0 saturated carbocycles. The van der Waals surface area contributed by atoms with Crippen LogP contribution < -0.4 is 0 Å². The Balaban J connectivity index is 3.37. The van der Waals surface area contributed by atoms with Crippen molar-refractivity contribution in [3.63, 3.8) is 0 Å². The van der Waals surface area contributed by atoms with Gasteiger partial charge in [-0.2, -0.15) is 0 Å². The van der Waals surface area contributed by atoms with Gasteiger partial charge >= 0.3 is 5.97 Å². The van der Waals surface area contributed by atoms with Crippen LogP contribution in [0.3, 0.4) is 0 Å². The van der Waals surface area contributed by atoms with Gasteiger partial charge in [-0.05, 0) is 40.5 Å². The number of benzene rings is 1. The smallest absolute Gasteiger partial charge is 0.336 e. The van der Waals surface area contributed by atoms with Crippen molar-refractivity contribution < 1.29 is 15.0 Å². The van der Waals surface area contributed by atoms with Crippen LogP contribution in [-0.4, -0.2) is 16.2 Å². The normalized spacial score (nSPS) is 9.83. The maximum Gasteiger partial charge on any atom is 0.336 e. The van der Waals surface area contributed by atoms with Crippen molar-refractivity contribution in [2.75, 3.05) is 0 Å². The molecule has 0 heterocycles. The van der Waals surface area contributed by atoms with E-state index in [1.807, 2.05) is 0 Å². The van der Waals surface area contributed by atoms with Crippen molar-refractivity contribution in [3.8, 4) is 5.75 Å². The molecular formula is C8H7BrO3. The van der Waals surface area contributed by atoms with Gasteiger partial charge in [0.05, 0.1) is 5.56 Å². The van der Waals surface area contributed by atoms with Crippen molar-refractivity contribution in [1.29, 1.82) is 0 Å². The Labute approximate surface area is 77.8 Å². The number of hydrogen-bond acceptors (Lipinski definition) is 2. The second-order valence-corrected chi connectivity index (χ2v) is 3.22. The lowest BCUT2D eigenvalue weighted by Gasteiger charge is -2.03. The van der Waals surface area contributed by atoms with Crippen molar-refractivity contribution in [2.45, 2.75) is 6.92 Å². The Hall–Kier alpha value is -1.03. The molecule has 3 nitrogen and oxygen atoms in total. The highest BCUT2D eigenvalue weighted by atomic mass is 79.9. The molecule has 64 valence electrons. The molecule has 0 spiro atoms. The standard InChI is InChI=1S/C8H7BrO3/c1-4-2-5(10)3-6(7(4)9)8(11)12/h2-3,10H,1H3,(H,11,12). The molecule has 0 aliphatic carbocycles. The van der Waals surface area contributed by atoms with Gasteiger partial charge in [-0.15, -0.1) is 0 Å². The fraction of sp³-hybridized carbons (Fsp3) is 0.125. The van der Waals surface area contributed by atoms with Crippen LogP contribution in [0.1, 0.15) is 15.9 Å². The molecule has 0 aliphatic heterocycles. The number of phenols is 1. The number of hydrogen-bond donors (Lipinski definition) is 2. The molecule has 0 fully saturated rings. The summed E-state index contributed by atoms with van der Waals surface area (Å²) in [4.78, 5) is 10.6. The quantitative estimate of drug-likeness (QED) is 0.778. The lowest BCUT2D eigenvalue weighted by molar-refractivity contribution is 0.0695. The minimum absolute atomic E-state index is 0.0342. The van der Waals surface area contributed by atoms with Gasteiger partial charge in [0, 0.05) is 4.47 Å². The molecule has 1 rings (SSSR count). The number of aryl methyl sites for hydroxylation is 1. The topological polar surface area (TPSA) is 57.5 Å². The predicted octanol–water partition coefficient (Wildman–Crippen LogP) is 2.16. The van der Waals surface area contributed by atoms with Crippen LogP contribution in [0.15, 0.2) is 16.6 Å². The van der Waals surface area contributed by atoms with Crippen LogP contribution in [-0.2, 0) is 0 Å². The van der Waals surface area contributed by atoms with Gasteiger partial charge in [0.15, 0.2) is 0 Å². The zero-order chi connectivity index (χ0) is 9.30. The van der Waals surface area contributed by atoms with Gasteiger partial charge in [0.1, 0.15) is 5.75 Å². The molecule has 0 amide bonds. The van der Waals surface area contributed by atoms with E-state index in [-0.39, 0.29) is 11.3 Å². The molecule has 2 N–H and O–H groups in total. The zero-order valence-corrected chi connectivity index (χ0v) is 7.92. The molecule has 0 radical (unpaired) electrons. The van der Waals surface area contributed by atoms with Crippen LogP contribution in [0.4, 0.5) is 0 Å². The lowest BCUT2D eigenvalue weighted by atomic mass is 10.1. The third-order valence-electron chi connectivity index (χ3n) is 1.47. The number of aromatic hydroxyl groups is 1. The van der Waals surface area contributed by atoms with Gasteiger partial charge in [0.2, 0.25) is 0 Å². The molecule has 0 bridgehead atoms. The summed E-state index contributed by atoms with van der Waals surface area (Å²) in [6, 6.07) is 2.70. The molecule has 4 heteroatoms. The van der Waals surface area contributed by atoms with Crippen LogP contribution in [0, 0.1) is 6.92 Å². The molecule has 1 aromatic carbocycles. The van der Waals surface area contributed by atoms with Crippen LogP contribution in [0.25, 0.3) is 0 Å². The average molecular weight is 231 g/mol. The van der Waals surface area contributed by atoms with Gasteiger partial charge in [0.25, 0.3) is 0 Å². The highest BCUT2D eigenvalue weighted by molar-refractivity contribution is 9.10. The van der Waals surface area contributed by atoms with Crippen LogP contribution in [0.2, 0.25) is 0 Å². The SMILES string of the molecule is Cc1cc(O)cc(C(=O)O)c1Br. The molecular weight excluding hydrogens is 224 g/mol. The van der Waals surface area contributed by atoms with Gasteiger partial charge < -0.3 is 10.2 Å². The number of rotatable bonds is 1. The first-order valence-electron chi connectivity index (χ1n) is 3.25. The Bertz CT molecular complexity index is 333. The summed E-state index contributed by atoms with van der Waals surface area (Å²) in [5, 5.41) is 17.8. The minimum Gasteiger partial charge on any atom is -0.508 e. The van der Waals surface area contributed by atoms with Gasteiger partial charge in [-0.3, -0.25) is 0 Å². The fourth-order valence-corrected chi connectivity index (χ4v) is 1.30. The van der Waals surface area contributed by atoms with Gasteiger partial charge in [-0.25, -0.2) is 4.79 Å². The lowest BCUT2D eigenvalue weighted by Crippen LogP contribution is -1.98. The summed E-state index contributed by atoms with van der Waals surface area (Å²) in [6.07, 6.45) is 0. The molecule has 0 aromatic heterocycles. The van der Waals surface area contributed by atoms with Crippen molar-refractivity contribution >= 4 is 21.9 Å². The summed E-state index contributed by atoms with van der Waals surface area (Å²) in [5.74, 6) is -1.09. The number of carbonyl (C=O) groups is 1. The Morgan fingerprint density at radius 2 is 2.08 bits per heavy atom. The maximum atomic E-state index is 10.6. The van der Waals surface area contributed by atoms with Crippen LogP contribution in [0.5, 0.6) is 5.75 Å². The van der Waals surface area contributed by atoms with E-state index in [9.17, 15) is 4.79 Å². The van der Waals surface area contributed by atoms with Crippen molar-refractivity contribution in [1.82, 2.24) is 0 Å². The number of halogens is 1. The second kappa shape index (κ2) is 3.15. The van der Waals surface area contributed by atoms with Gasteiger partial charge in [-0.1, -0.05) is 0 Å². The first-order chi connectivity index (χ1) is 5.52. The molecule has 0 aliphatic rings. The Morgan fingerprint density at radius 3 is 2.58 bits per heavy atom. The second-order valence-electron chi connectivity index (χ2n) is 2.43. The Kier molecular flexibility index (Phi) is 2.38. The van der Waals surface area contributed by atoms with E-state index in [4.69, 9.17) is 10.2 Å². The number of carboxylic acids is 1. The van der Waals surface area contributed by atoms with Crippen molar-refractivity contribution in [3.05, 3.63) is 27.7 Å². The average Bonchev–Trinajstić information content (AvgIpc) is 1.96. The molecule has 1 aromatic rings. The molecule has 0 atom stereocenters. The van der Waals surface area contributed by atoms with E-state index < -0.39 is 5.97 Å². The predicted molar refractivity (Wildman–Crippen MR) is 47.5 cm³/mol. The number of carboxylic acid groups (broad SMARTS) is 1. The van der Waals surface area contributed by atoms with Crippen LogP contribution >= 0.6 is 15.9 Å². The van der Waals surface area contributed by atoms with E-state index in [0.29, 0.717) is 10.0 Å². The fourth-order valence-electron chi connectivity index (χ4n) is 0.906. The van der Waals surface area contributed by atoms with E-state index in [1.54, 1.807) is 6.92 Å². The molecule has 0 saturated heterocycles. The third kappa shape index (κ3) is 1.58. The van der Waals surface area contributed by atoms with E-state index in [2.05, 4.69) is 15.9 Å².